The van der Waals surface area contributed by atoms with E-state index in [0.717, 1.165) is 33.0 Å². The van der Waals surface area contributed by atoms with E-state index in [1.807, 2.05) is 78.9 Å². The summed E-state index contributed by atoms with van der Waals surface area (Å²) in [6.07, 6.45) is 0. The van der Waals surface area contributed by atoms with Crippen LogP contribution in [0.3, 0.4) is 0 Å². The maximum absolute atomic E-state index is 9.97. The van der Waals surface area contributed by atoms with Crippen LogP contribution in [0.5, 0.6) is 0 Å². The molecule has 0 spiro atoms. The summed E-state index contributed by atoms with van der Waals surface area (Å²) < 4.78 is 111. The van der Waals surface area contributed by atoms with E-state index in [1.165, 1.54) is 0 Å². The number of hydrogen-bond acceptors (Lipinski definition) is 1. The van der Waals surface area contributed by atoms with Crippen molar-refractivity contribution in [2.24, 2.45) is 0 Å². The summed E-state index contributed by atoms with van der Waals surface area (Å²) in [5.74, 6) is 0. The average Bonchev–Trinajstić information content (AvgIpc) is 3.63. The zero-order valence-corrected chi connectivity index (χ0v) is 23.6. The van der Waals surface area contributed by atoms with Gasteiger partial charge >= 0.3 is 0 Å². The van der Waals surface area contributed by atoms with E-state index in [2.05, 4.69) is 6.07 Å². The van der Waals surface area contributed by atoms with E-state index in [-0.39, 0.29) is 44.7 Å². The molecule has 1 aromatic heterocycles. The molecule has 0 unspecified atom stereocenters. The Bertz CT molecular complexity index is 3120. The van der Waals surface area contributed by atoms with Gasteiger partial charge in [-0.3, -0.25) is 0 Å². The van der Waals surface area contributed by atoms with E-state index in [1.54, 1.807) is 12.1 Å². The molecule has 0 amide bonds. The number of para-hydroxylation sites is 1. The second-order valence-electron chi connectivity index (χ2n) is 10.7. The van der Waals surface area contributed by atoms with Gasteiger partial charge in [-0.2, -0.15) is 0 Å². The number of fused-ring (bicyclic) bond motifs is 5. The molecule has 1 nitrogen and oxygen atoms in total. The van der Waals surface area contributed by atoms with Crippen molar-refractivity contribution < 1.29 is 20.9 Å². The van der Waals surface area contributed by atoms with Crippen LogP contribution in [0.15, 0.2) is 174 Å². The highest BCUT2D eigenvalue weighted by Gasteiger charge is 2.21. The average molecular weight is 585 g/mol. The Kier molecular flexibility index (Phi) is 3.74. The molecule has 0 N–H and O–H groups in total. The Hall–Kier alpha value is -5.92. The number of benzene rings is 8. The summed E-state index contributed by atoms with van der Waals surface area (Å²) >= 11 is 0. The first-order chi connectivity index (χ1) is 27.3. The fourth-order valence-electron chi connectivity index (χ4n) is 6.31. The molecule has 1 heteroatoms. The van der Waals surface area contributed by atoms with Gasteiger partial charge in [0.05, 0.1) is 16.4 Å². The Morgan fingerprint density at radius 3 is 1.76 bits per heavy atom. The Balaban J connectivity index is 1.50. The zero-order chi connectivity index (χ0) is 40.2. The van der Waals surface area contributed by atoms with Crippen molar-refractivity contribution in [2.45, 2.75) is 0 Å². The van der Waals surface area contributed by atoms with Crippen molar-refractivity contribution in [3.63, 3.8) is 0 Å². The third-order valence-corrected chi connectivity index (χ3v) is 8.21. The molecule has 0 saturated heterocycles. The van der Waals surface area contributed by atoms with Gasteiger partial charge in [0.25, 0.3) is 0 Å². The molecule has 9 aromatic rings. The van der Waals surface area contributed by atoms with Crippen molar-refractivity contribution in [1.29, 1.82) is 0 Å². The lowest BCUT2D eigenvalue weighted by Gasteiger charge is -2.19. The van der Waals surface area contributed by atoms with Crippen LogP contribution in [-0.2, 0) is 0 Å². The molecule has 0 aliphatic heterocycles. The highest BCUT2D eigenvalue weighted by Crippen LogP contribution is 2.48. The van der Waals surface area contributed by atoms with Crippen molar-refractivity contribution in [1.82, 2.24) is 0 Å². The molecule has 0 aliphatic carbocycles. The van der Waals surface area contributed by atoms with Crippen LogP contribution in [0.25, 0.3) is 88.0 Å². The van der Waals surface area contributed by atoms with Crippen LogP contribution in [0.4, 0.5) is 0 Å². The first kappa shape index (κ1) is 16.2. The van der Waals surface area contributed by atoms with Gasteiger partial charge in [-0.25, -0.2) is 0 Å². The monoisotopic (exact) mass is 584 g/mol. The zero-order valence-electron chi connectivity index (χ0n) is 35.6. The number of furan rings is 1. The van der Waals surface area contributed by atoms with Gasteiger partial charge in [0.15, 0.2) is 0 Å². The molecule has 0 bridgehead atoms. The van der Waals surface area contributed by atoms with Crippen molar-refractivity contribution >= 4 is 43.5 Å². The molecule has 0 fully saturated rings. The normalized spacial score (nSPS) is 15.3. The van der Waals surface area contributed by atoms with E-state index < -0.39 is 60.4 Å². The Labute approximate surface area is 278 Å². The summed E-state index contributed by atoms with van der Waals surface area (Å²) in [5.41, 5.74) is 3.13. The predicted molar refractivity (Wildman–Crippen MR) is 190 cm³/mol. The molecule has 8 aromatic carbocycles. The van der Waals surface area contributed by atoms with Gasteiger partial charge in [0.2, 0.25) is 0 Å². The van der Waals surface area contributed by atoms with Crippen molar-refractivity contribution in [2.75, 3.05) is 0 Å². The van der Waals surface area contributed by atoms with Crippen LogP contribution in [0.1, 0.15) is 16.4 Å². The second-order valence-corrected chi connectivity index (χ2v) is 10.7. The lowest BCUT2D eigenvalue weighted by atomic mass is 9.83. The maximum Gasteiger partial charge on any atom is 0.136 e. The summed E-state index contributed by atoms with van der Waals surface area (Å²) in [6.45, 7) is 0. The fraction of sp³-hybridized carbons (Fsp3) is 0. The molecule has 0 atom stereocenters. The predicted octanol–water partition coefficient (Wildman–Crippen LogP) is 12.6. The number of hydrogen-bond donors (Lipinski definition) is 0. The van der Waals surface area contributed by atoms with Crippen LogP contribution in [-0.4, -0.2) is 0 Å². The van der Waals surface area contributed by atoms with Crippen LogP contribution in [0, 0.1) is 0 Å². The van der Waals surface area contributed by atoms with E-state index in [4.69, 9.17) is 18.1 Å². The summed E-state index contributed by atoms with van der Waals surface area (Å²) in [6, 6.07) is 24.9. The van der Waals surface area contributed by atoms with Crippen LogP contribution in [0.2, 0.25) is 0 Å². The largest absolute Gasteiger partial charge is 0.456 e. The minimum atomic E-state index is -0.645. The van der Waals surface area contributed by atoms with Gasteiger partial charge in [-0.15, -0.1) is 0 Å². The van der Waals surface area contributed by atoms with E-state index in [9.17, 15) is 2.74 Å². The summed E-state index contributed by atoms with van der Waals surface area (Å²) in [4.78, 5) is 0. The lowest BCUT2D eigenvalue weighted by molar-refractivity contribution is 0.669. The minimum Gasteiger partial charge on any atom is -0.456 e. The molecular formula is C44H28O. The molecule has 1 heterocycles. The molecule has 0 aliphatic rings. The maximum atomic E-state index is 9.97. The van der Waals surface area contributed by atoms with Gasteiger partial charge in [-0.05, 0) is 90.2 Å². The molecular weight excluding hydrogens is 544 g/mol. The molecule has 9 rings (SSSR count). The number of rotatable bonds is 4. The van der Waals surface area contributed by atoms with Crippen LogP contribution < -0.4 is 0 Å². The van der Waals surface area contributed by atoms with Crippen LogP contribution >= 0.6 is 0 Å². The van der Waals surface area contributed by atoms with Gasteiger partial charge in [0.1, 0.15) is 11.2 Å². The lowest BCUT2D eigenvalue weighted by Crippen LogP contribution is -1.92. The topological polar surface area (TPSA) is 13.1 Å². The quantitative estimate of drug-likeness (QED) is 0.188. The molecule has 0 saturated carbocycles. The first-order valence-corrected chi connectivity index (χ1v) is 14.5. The summed E-state index contributed by atoms with van der Waals surface area (Å²) in [7, 11) is 0. The van der Waals surface area contributed by atoms with E-state index in [0.29, 0.717) is 22.4 Å². The summed E-state index contributed by atoms with van der Waals surface area (Å²) in [5, 5.41) is 2.92. The fourth-order valence-corrected chi connectivity index (χ4v) is 6.31. The third kappa shape index (κ3) is 4.17. The third-order valence-electron chi connectivity index (χ3n) is 8.21. The SMILES string of the molecule is [2H]c1ccc(-c2cccc(-c3c4ccccc4c(-c4c([2H])c(-c5c([2H])c([2H])c([2H])c([2H])c5[2H])c([2H])c5oc6c([2H])c([2H])c([2H])c([2H])c6c45)c4ccccc34)c2)cc1. The van der Waals surface area contributed by atoms with Crippen molar-refractivity contribution in [3.05, 3.63) is 170 Å². The standard InChI is InChI=1S/C44H28O/c1-3-14-29(15-4-1)31-18-13-19-32(26-31)42-34-20-7-9-22-36(34)43(37-23-10-8-21-35(37)42)39-27-33(30-16-5-2-6-17-30)28-41-44(39)38-24-11-12-25-40(38)45-41/h1-28H/i1D,2D,5D,6D,11D,12D,16D,17D,24D,25D,27D,28D. The van der Waals surface area contributed by atoms with Gasteiger partial charge in [0, 0.05) is 10.8 Å². The smallest absolute Gasteiger partial charge is 0.136 e. The first-order valence-electron chi connectivity index (χ1n) is 20.5. The van der Waals surface area contributed by atoms with Gasteiger partial charge < -0.3 is 4.42 Å². The van der Waals surface area contributed by atoms with Crippen molar-refractivity contribution in [3.8, 4) is 44.5 Å². The molecule has 210 valence electrons. The van der Waals surface area contributed by atoms with E-state index >= 15 is 0 Å². The molecule has 45 heavy (non-hydrogen) atoms. The minimum absolute atomic E-state index is 0.0377. The van der Waals surface area contributed by atoms with Gasteiger partial charge in [-0.1, -0.05) is 145 Å². The highest BCUT2D eigenvalue weighted by molar-refractivity contribution is 6.26. The Morgan fingerprint density at radius 1 is 0.400 bits per heavy atom. The molecule has 0 radical (unpaired) electrons. The second kappa shape index (κ2) is 10.4. The highest BCUT2D eigenvalue weighted by atomic mass is 16.3. The Morgan fingerprint density at radius 2 is 1.02 bits per heavy atom.